The smallest absolute Gasteiger partial charge is 0.244 e. The van der Waals surface area contributed by atoms with Gasteiger partial charge in [-0.25, -0.2) is 4.98 Å². The van der Waals surface area contributed by atoms with Crippen molar-refractivity contribution >= 4 is 34.9 Å². The van der Waals surface area contributed by atoms with Gasteiger partial charge in [-0.2, -0.15) is 0 Å². The molecule has 0 spiro atoms. The standard InChI is InChI=1S/C18H18N4O3/c1-12-6-7-15(19-10-12)21-16(23)8-9-18(25)22-11-17(24)20-13-4-2-3-5-14(13)22/h2-7,10H,8-9,11H2,1H3,(H,20,24)(H,19,21,23). The SMILES string of the molecule is Cc1ccc(NC(=O)CCC(=O)N2CC(=O)Nc3ccccc32)nc1. The zero-order valence-electron chi connectivity index (χ0n) is 13.8. The largest absolute Gasteiger partial charge is 0.323 e. The van der Waals surface area contributed by atoms with E-state index in [9.17, 15) is 14.4 Å². The van der Waals surface area contributed by atoms with Gasteiger partial charge in [0.05, 0.1) is 11.4 Å². The van der Waals surface area contributed by atoms with Crippen molar-refractivity contribution in [1.82, 2.24) is 4.98 Å². The lowest BCUT2D eigenvalue weighted by Crippen LogP contribution is -2.42. The van der Waals surface area contributed by atoms with Crippen LogP contribution >= 0.6 is 0 Å². The summed E-state index contributed by atoms with van der Waals surface area (Å²) in [5.41, 5.74) is 2.24. The second kappa shape index (κ2) is 7.12. The predicted molar refractivity (Wildman–Crippen MR) is 94.3 cm³/mol. The zero-order chi connectivity index (χ0) is 17.8. The van der Waals surface area contributed by atoms with Crippen LogP contribution in [-0.2, 0) is 14.4 Å². The van der Waals surface area contributed by atoms with Gasteiger partial charge in [-0.3, -0.25) is 14.4 Å². The van der Waals surface area contributed by atoms with E-state index in [1.807, 2.05) is 13.0 Å². The molecule has 2 N–H and O–H groups in total. The fourth-order valence-electron chi connectivity index (χ4n) is 2.56. The van der Waals surface area contributed by atoms with E-state index >= 15 is 0 Å². The van der Waals surface area contributed by atoms with Gasteiger partial charge in [0.2, 0.25) is 17.7 Å². The fraction of sp³-hybridized carbons (Fsp3) is 0.222. The minimum absolute atomic E-state index is 0.0132. The average molecular weight is 338 g/mol. The zero-order valence-corrected chi connectivity index (χ0v) is 13.8. The highest BCUT2D eigenvalue weighted by molar-refractivity contribution is 6.10. The first kappa shape index (κ1) is 16.6. The lowest BCUT2D eigenvalue weighted by atomic mass is 10.1. The van der Waals surface area contributed by atoms with Gasteiger partial charge in [0.1, 0.15) is 12.4 Å². The number of fused-ring (bicyclic) bond motifs is 1. The molecule has 7 heteroatoms. The van der Waals surface area contributed by atoms with Gasteiger partial charge in [-0.15, -0.1) is 0 Å². The monoisotopic (exact) mass is 338 g/mol. The molecule has 0 aliphatic carbocycles. The lowest BCUT2D eigenvalue weighted by molar-refractivity contribution is -0.124. The van der Waals surface area contributed by atoms with Gasteiger partial charge < -0.3 is 15.5 Å². The number of hydrogen-bond donors (Lipinski definition) is 2. The molecule has 2 aromatic rings. The van der Waals surface area contributed by atoms with Crippen LogP contribution in [0.4, 0.5) is 17.2 Å². The molecule has 2 heterocycles. The Morgan fingerprint density at radius 2 is 2.00 bits per heavy atom. The molecule has 1 aromatic heterocycles. The number of carbonyl (C=O) groups is 3. The third-order valence-corrected chi connectivity index (χ3v) is 3.82. The Hall–Kier alpha value is -3.22. The van der Waals surface area contributed by atoms with Crippen LogP contribution in [0, 0.1) is 6.92 Å². The molecule has 25 heavy (non-hydrogen) atoms. The summed E-state index contributed by atoms with van der Waals surface area (Å²) in [6.45, 7) is 1.86. The minimum atomic E-state index is -0.292. The van der Waals surface area contributed by atoms with Crippen molar-refractivity contribution in [3.05, 3.63) is 48.2 Å². The highest BCUT2D eigenvalue weighted by Crippen LogP contribution is 2.29. The van der Waals surface area contributed by atoms with Gasteiger partial charge in [0, 0.05) is 19.0 Å². The van der Waals surface area contributed by atoms with Gasteiger partial charge in [-0.05, 0) is 30.7 Å². The van der Waals surface area contributed by atoms with Crippen molar-refractivity contribution in [1.29, 1.82) is 0 Å². The van der Waals surface area contributed by atoms with E-state index in [-0.39, 0.29) is 37.1 Å². The van der Waals surface area contributed by atoms with Crippen LogP contribution in [0.1, 0.15) is 18.4 Å². The number of pyridine rings is 1. The number of para-hydroxylation sites is 2. The maximum Gasteiger partial charge on any atom is 0.244 e. The molecule has 3 amide bonds. The van der Waals surface area contributed by atoms with Gasteiger partial charge in [0.25, 0.3) is 0 Å². The number of nitrogens with one attached hydrogen (secondary N) is 2. The number of aryl methyl sites for hydroxylation is 1. The highest BCUT2D eigenvalue weighted by atomic mass is 16.2. The molecule has 0 radical (unpaired) electrons. The molecule has 1 aromatic carbocycles. The van der Waals surface area contributed by atoms with Crippen LogP contribution in [0.2, 0.25) is 0 Å². The van der Waals surface area contributed by atoms with Gasteiger partial charge >= 0.3 is 0 Å². The first-order chi connectivity index (χ1) is 12.0. The van der Waals surface area contributed by atoms with E-state index in [1.165, 1.54) is 4.90 Å². The van der Waals surface area contributed by atoms with Crippen LogP contribution in [0.25, 0.3) is 0 Å². The molecule has 128 valence electrons. The second-order valence-corrected chi connectivity index (χ2v) is 5.81. The Balaban J connectivity index is 1.60. The summed E-state index contributed by atoms with van der Waals surface area (Å²) >= 11 is 0. The predicted octanol–water partition coefficient (Wildman–Crippen LogP) is 2.09. The quantitative estimate of drug-likeness (QED) is 0.893. The summed E-state index contributed by atoms with van der Waals surface area (Å²) in [4.78, 5) is 41.7. The number of nitrogens with zero attached hydrogens (tertiary/aromatic N) is 2. The summed E-state index contributed by atoms with van der Waals surface area (Å²) in [6, 6.07) is 10.6. The second-order valence-electron chi connectivity index (χ2n) is 5.81. The number of amides is 3. The number of carbonyl (C=O) groups excluding carboxylic acids is 3. The molecule has 1 aliphatic rings. The molecule has 0 bridgehead atoms. The lowest BCUT2D eigenvalue weighted by Gasteiger charge is -2.29. The summed E-state index contributed by atoms with van der Waals surface area (Å²) in [5.74, 6) is -0.361. The molecular weight excluding hydrogens is 320 g/mol. The van der Waals surface area contributed by atoms with E-state index in [4.69, 9.17) is 0 Å². The van der Waals surface area contributed by atoms with Crippen LogP contribution < -0.4 is 15.5 Å². The number of rotatable bonds is 4. The first-order valence-corrected chi connectivity index (χ1v) is 7.94. The normalized spacial score (nSPS) is 13.0. The number of aromatic nitrogens is 1. The van der Waals surface area contributed by atoms with Crippen LogP contribution in [0.15, 0.2) is 42.6 Å². The maximum absolute atomic E-state index is 12.5. The Labute approximate surface area is 145 Å². The van der Waals surface area contributed by atoms with E-state index in [2.05, 4.69) is 15.6 Å². The molecule has 3 rings (SSSR count). The Morgan fingerprint density at radius 1 is 1.20 bits per heavy atom. The highest BCUT2D eigenvalue weighted by Gasteiger charge is 2.26. The minimum Gasteiger partial charge on any atom is -0.323 e. The summed E-state index contributed by atoms with van der Waals surface area (Å²) < 4.78 is 0. The molecule has 0 atom stereocenters. The molecular formula is C18H18N4O3. The van der Waals surface area contributed by atoms with Crippen molar-refractivity contribution in [2.75, 3.05) is 22.1 Å². The maximum atomic E-state index is 12.5. The summed E-state index contributed by atoms with van der Waals surface area (Å²) in [5, 5.41) is 5.38. The summed E-state index contributed by atoms with van der Waals surface area (Å²) in [7, 11) is 0. The number of anilines is 3. The van der Waals surface area contributed by atoms with Crippen molar-refractivity contribution in [3.8, 4) is 0 Å². The third kappa shape index (κ3) is 4.00. The molecule has 0 saturated heterocycles. The van der Waals surface area contributed by atoms with E-state index in [1.54, 1.807) is 36.5 Å². The van der Waals surface area contributed by atoms with E-state index in [0.717, 1.165) is 5.56 Å². The molecule has 0 fully saturated rings. The van der Waals surface area contributed by atoms with E-state index < -0.39 is 0 Å². The van der Waals surface area contributed by atoms with Crippen molar-refractivity contribution in [2.24, 2.45) is 0 Å². The van der Waals surface area contributed by atoms with Crippen molar-refractivity contribution in [3.63, 3.8) is 0 Å². The average Bonchev–Trinajstić information content (AvgIpc) is 2.61. The fourth-order valence-corrected chi connectivity index (χ4v) is 2.56. The Kier molecular flexibility index (Phi) is 4.74. The van der Waals surface area contributed by atoms with Crippen LogP contribution in [-0.4, -0.2) is 29.3 Å². The molecule has 0 unspecified atom stereocenters. The van der Waals surface area contributed by atoms with Crippen LogP contribution in [0.3, 0.4) is 0 Å². The number of hydrogen-bond acceptors (Lipinski definition) is 4. The molecule has 0 saturated carbocycles. The Bertz CT molecular complexity index is 817. The topological polar surface area (TPSA) is 91.4 Å². The molecule has 1 aliphatic heterocycles. The van der Waals surface area contributed by atoms with Gasteiger partial charge in [0.15, 0.2) is 0 Å². The Morgan fingerprint density at radius 3 is 2.76 bits per heavy atom. The van der Waals surface area contributed by atoms with E-state index in [0.29, 0.717) is 17.2 Å². The van der Waals surface area contributed by atoms with Crippen molar-refractivity contribution in [2.45, 2.75) is 19.8 Å². The third-order valence-electron chi connectivity index (χ3n) is 3.82. The number of benzene rings is 1. The van der Waals surface area contributed by atoms with Crippen molar-refractivity contribution < 1.29 is 14.4 Å². The summed E-state index contributed by atoms with van der Waals surface area (Å²) in [6.07, 6.45) is 1.69. The van der Waals surface area contributed by atoms with Crippen LogP contribution in [0.5, 0.6) is 0 Å². The first-order valence-electron chi connectivity index (χ1n) is 7.94. The van der Waals surface area contributed by atoms with Gasteiger partial charge in [-0.1, -0.05) is 18.2 Å². The molecule has 7 nitrogen and oxygen atoms in total.